The minimum atomic E-state index is -0.611. The predicted octanol–water partition coefficient (Wildman–Crippen LogP) is 8.73. The van der Waals surface area contributed by atoms with E-state index in [1.807, 2.05) is 6.92 Å². The first-order chi connectivity index (χ1) is 16.1. The molecule has 0 aromatic heterocycles. The summed E-state index contributed by atoms with van der Waals surface area (Å²) in [6, 6.07) is 0. The fourth-order valence-electron chi connectivity index (χ4n) is 1.89. The molecule has 0 fully saturated rings. The van der Waals surface area contributed by atoms with Crippen molar-refractivity contribution in [2.24, 2.45) is 0 Å². The average molecular weight is 553 g/mol. The van der Waals surface area contributed by atoms with E-state index in [-0.39, 0.29) is 13.4 Å². The number of carbonyl (C=O) groups is 1. The van der Waals surface area contributed by atoms with E-state index in [9.17, 15) is 13.2 Å². The lowest BCUT2D eigenvalue weighted by Gasteiger charge is -2.15. The molecular formula is C30H64O4S2. The van der Waals surface area contributed by atoms with Crippen molar-refractivity contribution < 1.29 is 17.9 Å². The summed E-state index contributed by atoms with van der Waals surface area (Å²) in [6.45, 7) is 27.5. The van der Waals surface area contributed by atoms with Crippen molar-refractivity contribution in [3.8, 4) is 0 Å². The Morgan fingerprint density at radius 3 is 0.806 bits per heavy atom. The van der Waals surface area contributed by atoms with Crippen LogP contribution >= 0.6 is 0 Å². The van der Waals surface area contributed by atoms with E-state index in [2.05, 4.69) is 74.0 Å². The Bertz CT molecular complexity index is 567. The number of hydrogen-bond acceptors (Lipinski definition) is 4. The molecular weight excluding hydrogens is 488 g/mol. The summed E-state index contributed by atoms with van der Waals surface area (Å²) in [5, 5.41) is 0. The first-order valence-corrected chi connectivity index (χ1v) is 16.5. The van der Waals surface area contributed by atoms with Crippen LogP contribution in [0.1, 0.15) is 115 Å². The Kier molecular flexibility index (Phi) is 45.4. The van der Waals surface area contributed by atoms with Crippen molar-refractivity contribution in [2.45, 2.75) is 123 Å². The van der Waals surface area contributed by atoms with Crippen LogP contribution in [0.3, 0.4) is 0 Å². The van der Waals surface area contributed by atoms with Gasteiger partial charge in [-0.2, -0.15) is 0 Å². The molecule has 0 radical (unpaired) electrons. The van der Waals surface area contributed by atoms with Crippen molar-refractivity contribution in [2.75, 3.05) is 31.1 Å². The van der Waals surface area contributed by atoms with Crippen LogP contribution < -0.4 is 0 Å². The molecule has 0 heterocycles. The largest absolute Gasteiger partial charge is 0.466 e. The zero-order valence-corrected chi connectivity index (χ0v) is 27.8. The van der Waals surface area contributed by atoms with Gasteiger partial charge in [0.05, 0.1) is 6.61 Å². The number of unbranched alkanes of at least 4 members (excludes halogenated alkanes) is 2. The summed E-state index contributed by atoms with van der Waals surface area (Å²) < 4.78 is 23.9. The highest BCUT2D eigenvalue weighted by molar-refractivity contribution is 7.84. The van der Waals surface area contributed by atoms with E-state index in [1.54, 1.807) is 25.7 Å². The van der Waals surface area contributed by atoms with Crippen LogP contribution in [-0.4, -0.2) is 45.5 Å². The zero-order chi connectivity index (χ0) is 29.1. The fourth-order valence-corrected chi connectivity index (χ4v) is 1.89. The van der Waals surface area contributed by atoms with Gasteiger partial charge in [-0.25, -0.2) is 0 Å². The maximum atomic E-state index is 9.92. The van der Waals surface area contributed by atoms with Gasteiger partial charge in [-0.1, -0.05) is 67.7 Å². The quantitative estimate of drug-likeness (QED) is 0.350. The van der Waals surface area contributed by atoms with Gasteiger partial charge in [0.2, 0.25) is 0 Å². The molecule has 0 aliphatic carbocycles. The highest BCUT2D eigenvalue weighted by Crippen LogP contribution is 2.24. The van der Waals surface area contributed by atoms with Crippen LogP contribution in [0.15, 0.2) is 0 Å². The van der Waals surface area contributed by atoms with Gasteiger partial charge in [0, 0.05) is 53.0 Å². The lowest BCUT2D eigenvalue weighted by atomic mass is 9.90. The van der Waals surface area contributed by atoms with E-state index in [1.165, 1.54) is 66.0 Å². The minimum Gasteiger partial charge on any atom is -0.466 e. The third kappa shape index (κ3) is 37.5. The van der Waals surface area contributed by atoms with Crippen LogP contribution in [0.2, 0.25) is 0 Å². The molecule has 0 aliphatic heterocycles. The van der Waals surface area contributed by atoms with Crippen molar-refractivity contribution in [3.05, 3.63) is 33.4 Å². The van der Waals surface area contributed by atoms with Gasteiger partial charge in [0.15, 0.2) is 0 Å². The van der Waals surface area contributed by atoms with Crippen molar-refractivity contribution >= 4 is 27.6 Å². The van der Waals surface area contributed by atoms with Crippen LogP contribution in [-0.2, 0) is 31.1 Å². The van der Waals surface area contributed by atoms with E-state index >= 15 is 0 Å². The average Bonchev–Trinajstić information content (AvgIpc) is 2.80. The molecule has 1 rings (SSSR count). The molecule has 220 valence electrons. The van der Waals surface area contributed by atoms with Gasteiger partial charge in [0.25, 0.3) is 0 Å². The number of ether oxygens (including phenoxy) is 1. The van der Waals surface area contributed by atoms with Crippen molar-refractivity contribution in [1.29, 1.82) is 0 Å². The maximum Gasteiger partial charge on any atom is 0.302 e. The normalized spacial score (nSPS) is 9.47. The molecule has 36 heavy (non-hydrogen) atoms. The lowest BCUT2D eigenvalue weighted by Crippen LogP contribution is -1.98. The summed E-state index contributed by atoms with van der Waals surface area (Å²) in [7, 11) is -1.18. The van der Waals surface area contributed by atoms with Crippen LogP contribution in [0.5, 0.6) is 0 Å². The van der Waals surface area contributed by atoms with Crippen LogP contribution in [0, 0.1) is 41.5 Å². The number of carbonyl (C=O) groups excluding carboxylic acids is 1. The molecule has 0 saturated carbocycles. The molecule has 1 atom stereocenters. The minimum absolute atomic E-state index is 0. The molecule has 0 saturated heterocycles. The Balaban J connectivity index is -0.0000000808. The van der Waals surface area contributed by atoms with Gasteiger partial charge in [0.1, 0.15) is 0 Å². The Hall–Kier alpha value is -1.01. The first-order valence-electron chi connectivity index (χ1n) is 12.8. The highest BCUT2D eigenvalue weighted by Gasteiger charge is 2.07. The molecule has 0 spiro atoms. The van der Waals surface area contributed by atoms with E-state index in [0.29, 0.717) is 6.61 Å². The summed E-state index contributed by atoms with van der Waals surface area (Å²) >= 11 is 0. The fraction of sp³-hybridized carbons (Fsp3) is 0.767. The molecule has 1 aromatic carbocycles. The second-order valence-corrected chi connectivity index (χ2v) is 11.5. The molecule has 0 N–H and O–H groups in total. The molecule has 1 unspecified atom stereocenters. The maximum absolute atomic E-state index is 9.92. The summed E-state index contributed by atoms with van der Waals surface area (Å²) in [5.41, 5.74) is 8.73. The molecule has 0 bridgehead atoms. The second-order valence-electron chi connectivity index (χ2n) is 8.28. The van der Waals surface area contributed by atoms with Crippen LogP contribution in [0.25, 0.3) is 0 Å². The molecule has 4 nitrogen and oxygen atoms in total. The van der Waals surface area contributed by atoms with Gasteiger partial charge in [-0.3, -0.25) is 13.2 Å². The Morgan fingerprint density at radius 2 is 0.778 bits per heavy atom. The summed E-state index contributed by atoms with van der Waals surface area (Å²) in [5.74, 6) is 0.567. The zero-order valence-electron chi connectivity index (χ0n) is 26.2. The number of hydrogen-bond donors (Lipinski definition) is 0. The van der Waals surface area contributed by atoms with Gasteiger partial charge < -0.3 is 4.74 Å². The summed E-state index contributed by atoms with van der Waals surface area (Å²) in [4.78, 5) is 9.82. The van der Waals surface area contributed by atoms with Gasteiger partial charge >= 0.3 is 5.97 Å². The highest BCUT2D eigenvalue weighted by atomic mass is 32.2. The standard InChI is InChI=1S/C12H18.C4H8O2.2C4H10.C3H8OS.C2H6OS.CH4/c1-7-8(2)10(4)12(6)11(5)9(7)3;1-3-6-4(2)5;2*1-3-4-2;1-3-5(2)4;1-4(2)3;/h1-6H3;3H2,1-2H3;2*3-4H2,1-2H3;3H2,1-2H3;1-2H3;1H4. The molecule has 6 heteroatoms. The molecule has 0 amide bonds. The number of benzene rings is 1. The SMILES string of the molecule is C.CCCC.CCCC.CCOC(C)=O.CCS(C)=O.CS(C)=O.Cc1c(C)c(C)c(C)c(C)c1C. The smallest absolute Gasteiger partial charge is 0.302 e. The predicted molar refractivity (Wildman–Crippen MR) is 170 cm³/mol. The lowest BCUT2D eigenvalue weighted by molar-refractivity contribution is -0.140. The number of rotatable bonds is 4. The van der Waals surface area contributed by atoms with Crippen LogP contribution in [0.4, 0.5) is 0 Å². The number of esters is 1. The van der Waals surface area contributed by atoms with Gasteiger partial charge in [-0.05, 0) is 81.8 Å². The first kappa shape index (κ1) is 48.1. The second kappa shape index (κ2) is 34.0. The molecule has 1 aromatic rings. The molecule has 0 aliphatic rings. The summed E-state index contributed by atoms with van der Waals surface area (Å²) in [6.07, 6.45) is 10.2. The van der Waals surface area contributed by atoms with E-state index in [4.69, 9.17) is 0 Å². The third-order valence-electron chi connectivity index (χ3n) is 5.13. The monoisotopic (exact) mass is 552 g/mol. The third-order valence-corrected chi connectivity index (χ3v) is 5.94. The topological polar surface area (TPSA) is 60.4 Å². The van der Waals surface area contributed by atoms with E-state index in [0.717, 1.165) is 5.75 Å². The Morgan fingerprint density at radius 1 is 0.611 bits per heavy atom. The van der Waals surface area contributed by atoms with Crippen molar-refractivity contribution in [3.63, 3.8) is 0 Å². The van der Waals surface area contributed by atoms with Gasteiger partial charge in [-0.15, -0.1) is 0 Å². The van der Waals surface area contributed by atoms with E-state index < -0.39 is 21.6 Å². The Labute approximate surface area is 232 Å². The van der Waals surface area contributed by atoms with Crippen molar-refractivity contribution in [1.82, 2.24) is 0 Å².